The van der Waals surface area contributed by atoms with Crippen LogP contribution in [0.5, 0.6) is 0 Å². The first-order chi connectivity index (χ1) is 24.4. The van der Waals surface area contributed by atoms with E-state index in [1.807, 2.05) is 55.5 Å². The highest BCUT2D eigenvalue weighted by Gasteiger charge is 2.54. The highest BCUT2D eigenvalue weighted by atomic mass is 28.4. The quantitative estimate of drug-likeness (QED) is 0.0663. The maximum Gasteiger partial charge on any atom is 0.305 e. The van der Waals surface area contributed by atoms with Gasteiger partial charge < -0.3 is 18.6 Å². The summed E-state index contributed by atoms with van der Waals surface area (Å²) in [6, 6.07) is 20.5. The Labute approximate surface area is 305 Å². The Bertz CT molecular complexity index is 1380. The van der Waals surface area contributed by atoms with Crippen LogP contribution in [-0.2, 0) is 28.2 Å². The molecule has 1 aliphatic heterocycles. The van der Waals surface area contributed by atoms with E-state index in [2.05, 4.69) is 45.0 Å². The standard InChI is InChI=1S/C42H58F2O6Si/c1-6-7-25-38(49-40-27-18-19-30-48-40)42(43,44)29-28-34-35(24-16-8-9-17-26-39(46)47-5)37(31-36(34)45)50-51(41(2,3)4,32-20-12-10-13-21-32)33-22-14-11-15-23-33/h8,10-16,20-23,28-29,34-35,37-38,40H,6-7,9,17-19,24-27,30-31H2,1-5H3/b16-8-,29-28+/t34-,35-,37+,38?,40?/m1/s1. The molecule has 1 saturated heterocycles. The van der Waals surface area contributed by atoms with E-state index >= 15 is 8.78 Å². The molecule has 2 aromatic carbocycles. The second-order valence-corrected chi connectivity index (χ2v) is 19.2. The molecule has 0 N–H and O–H groups in total. The molecular formula is C42H58F2O6Si. The van der Waals surface area contributed by atoms with Gasteiger partial charge in [0.05, 0.1) is 13.2 Å². The molecular weight excluding hydrogens is 667 g/mol. The van der Waals surface area contributed by atoms with Crippen molar-refractivity contribution in [3.63, 3.8) is 0 Å². The Morgan fingerprint density at radius 1 is 1.00 bits per heavy atom. The van der Waals surface area contributed by atoms with E-state index in [9.17, 15) is 9.59 Å². The smallest absolute Gasteiger partial charge is 0.305 e. The molecule has 280 valence electrons. The molecule has 2 unspecified atom stereocenters. The van der Waals surface area contributed by atoms with Crippen LogP contribution < -0.4 is 10.4 Å². The van der Waals surface area contributed by atoms with E-state index in [0.717, 1.165) is 35.7 Å². The Morgan fingerprint density at radius 3 is 2.24 bits per heavy atom. The van der Waals surface area contributed by atoms with Crippen molar-refractivity contribution in [2.75, 3.05) is 13.7 Å². The number of alkyl halides is 2. The van der Waals surface area contributed by atoms with E-state index < -0.39 is 38.7 Å². The van der Waals surface area contributed by atoms with Gasteiger partial charge in [0.25, 0.3) is 14.2 Å². The van der Waals surface area contributed by atoms with Crippen molar-refractivity contribution in [2.45, 2.75) is 128 Å². The van der Waals surface area contributed by atoms with E-state index in [4.69, 9.17) is 18.6 Å². The number of benzene rings is 2. The predicted molar refractivity (Wildman–Crippen MR) is 201 cm³/mol. The maximum atomic E-state index is 16.1. The van der Waals surface area contributed by atoms with Gasteiger partial charge in [0.2, 0.25) is 0 Å². The third kappa shape index (κ3) is 10.8. The van der Waals surface area contributed by atoms with E-state index in [1.54, 1.807) is 0 Å². The average Bonchev–Trinajstić information content (AvgIpc) is 3.42. The summed E-state index contributed by atoms with van der Waals surface area (Å²) in [5, 5.41) is 1.87. The molecule has 2 aromatic rings. The molecule has 2 aliphatic rings. The Morgan fingerprint density at radius 2 is 1.67 bits per heavy atom. The number of allylic oxidation sites excluding steroid dienone is 3. The van der Waals surface area contributed by atoms with Gasteiger partial charge in [0, 0.05) is 31.3 Å². The van der Waals surface area contributed by atoms with Crippen molar-refractivity contribution >= 4 is 30.4 Å². The summed E-state index contributed by atoms with van der Waals surface area (Å²) < 4.78 is 55.9. The molecule has 0 bridgehead atoms. The van der Waals surface area contributed by atoms with Crippen LogP contribution in [0.25, 0.3) is 0 Å². The van der Waals surface area contributed by atoms with Crippen LogP contribution in [0.3, 0.4) is 0 Å². The first-order valence-electron chi connectivity index (χ1n) is 18.8. The number of hydrogen-bond donors (Lipinski definition) is 0. The van der Waals surface area contributed by atoms with E-state index in [1.165, 1.54) is 13.2 Å². The normalized spacial score (nSPS) is 22.5. The van der Waals surface area contributed by atoms with Gasteiger partial charge in [-0.3, -0.25) is 9.59 Å². The van der Waals surface area contributed by atoms with Gasteiger partial charge in [-0.15, -0.1) is 0 Å². The lowest BCUT2D eigenvalue weighted by Crippen LogP contribution is -2.68. The van der Waals surface area contributed by atoms with E-state index in [-0.39, 0.29) is 35.6 Å². The fourth-order valence-electron chi connectivity index (χ4n) is 7.47. The number of esters is 1. The topological polar surface area (TPSA) is 71.1 Å². The van der Waals surface area contributed by atoms with Crippen molar-refractivity contribution in [1.82, 2.24) is 0 Å². The molecule has 1 heterocycles. The second kappa shape index (κ2) is 19.2. The zero-order valence-corrected chi connectivity index (χ0v) is 32.2. The minimum absolute atomic E-state index is 0.101. The summed E-state index contributed by atoms with van der Waals surface area (Å²) in [4.78, 5) is 25.5. The number of ketones is 1. The number of methoxy groups -OCH3 is 1. The van der Waals surface area contributed by atoms with Crippen molar-refractivity contribution < 1.29 is 37.0 Å². The van der Waals surface area contributed by atoms with E-state index in [0.29, 0.717) is 45.1 Å². The summed E-state index contributed by atoms with van der Waals surface area (Å²) in [7, 11) is -1.67. The Balaban J connectivity index is 1.68. The molecule has 1 saturated carbocycles. The van der Waals surface area contributed by atoms with Crippen LogP contribution in [0.4, 0.5) is 8.78 Å². The summed E-state index contributed by atoms with van der Waals surface area (Å²) in [6.07, 6.45) is 10.0. The molecule has 0 amide bonds. The minimum Gasteiger partial charge on any atom is -0.469 e. The van der Waals surface area contributed by atoms with Crippen LogP contribution in [-0.4, -0.2) is 58.2 Å². The van der Waals surface area contributed by atoms with Crippen LogP contribution in [0.1, 0.15) is 98.3 Å². The lowest BCUT2D eigenvalue weighted by Gasteiger charge is -2.45. The number of unbranched alkanes of at least 4 members (excludes halogenated alkanes) is 2. The molecule has 51 heavy (non-hydrogen) atoms. The fourth-order valence-corrected chi connectivity index (χ4v) is 12.2. The molecule has 4 rings (SSSR count). The number of Topliss-reactive ketones (excluding diaryl/α,β-unsaturated/α-hetero) is 1. The van der Waals surface area contributed by atoms with Crippen LogP contribution >= 0.6 is 0 Å². The molecule has 0 radical (unpaired) electrons. The summed E-state index contributed by atoms with van der Waals surface area (Å²) in [5.41, 5.74) is 0. The average molecular weight is 725 g/mol. The van der Waals surface area contributed by atoms with Gasteiger partial charge in [0.15, 0.2) is 6.29 Å². The first-order valence-corrected chi connectivity index (χ1v) is 20.7. The number of carbonyl (C=O) groups is 2. The molecule has 1 aliphatic carbocycles. The number of ether oxygens (including phenoxy) is 3. The largest absolute Gasteiger partial charge is 0.469 e. The number of carbonyl (C=O) groups excluding carboxylic acids is 2. The Hall–Kier alpha value is -2.98. The number of hydrogen-bond acceptors (Lipinski definition) is 6. The van der Waals surface area contributed by atoms with Crippen molar-refractivity contribution in [3.8, 4) is 0 Å². The van der Waals surface area contributed by atoms with Crippen LogP contribution in [0, 0.1) is 11.8 Å². The molecule has 5 atom stereocenters. The molecule has 9 heteroatoms. The van der Waals surface area contributed by atoms with Crippen molar-refractivity contribution in [3.05, 3.63) is 85.0 Å². The lowest BCUT2D eigenvalue weighted by molar-refractivity contribution is -0.229. The second-order valence-electron chi connectivity index (χ2n) is 15.0. The number of rotatable bonds is 18. The number of halogens is 2. The van der Waals surface area contributed by atoms with Gasteiger partial charge in [-0.05, 0) is 66.4 Å². The maximum absolute atomic E-state index is 16.1. The van der Waals surface area contributed by atoms with Gasteiger partial charge in [-0.25, -0.2) is 0 Å². The van der Waals surface area contributed by atoms with Crippen molar-refractivity contribution in [1.29, 1.82) is 0 Å². The minimum atomic E-state index is -3.29. The highest BCUT2D eigenvalue weighted by molar-refractivity contribution is 6.99. The summed E-state index contributed by atoms with van der Waals surface area (Å²) >= 11 is 0. The van der Waals surface area contributed by atoms with Gasteiger partial charge in [0.1, 0.15) is 11.9 Å². The van der Waals surface area contributed by atoms with Gasteiger partial charge in [-0.2, -0.15) is 8.78 Å². The molecule has 6 nitrogen and oxygen atoms in total. The third-order valence-corrected chi connectivity index (χ3v) is 15.3. The van der Waals surface area contributed by atoms with Crippen LogP contribution in [0.2, 0.25) is 5.04 Å². The monoisotopic (exact) mass is 724 g/mol. The Kier molecular flexibility index (Phi) is 15.4. The van der Waals surface area contributed by atoms with Gasteiger partial charge >= 0.3 is 5.97 Å². The van der Waals surface area contributed by atoms with Crippen LogP contribution in [0.15, 0.2) is 85.0 Å². The first kappa shape index (κ1) is 40.8. The third-order valence-electron chi connectivity index (χ3n) is 10.2. The molecule has 0 spiro atoms. The van der Waals surface area contributed by atoms with Crippen molar-refractivity contribution in [2.24, 2.45) is 11.8 Å². The lowest BCUT2D eigenvalue weighted by atomic mass is 9.89. The summed E-state index contributed by atoms with van der Waals surface area (Å²) in [5.74, 6) is -4.76. The zero-order chi connectivity index (χ0) is 36.9. The predicted octanol–water partition coefficient (Wildman–Crippen LogP) is 8.72. The fraction of sp³-hybridized carbons (Fsp3) is 0.571. The highest BCUT2D eigenvalue weighted by Crippen LogP contribution is 2.43. The molecule has 2 fully saturated rings. The zero-order valence-electron chi connectivity index (χ0n) is 31.2. The SMILES string of the molecule is CCCCC(OC1CCCCO1)C(F)(F)/C=C/[C@H]1C(=O)C[C@H](O[Si](c2ccccc2)(c2ccccc2)C(C)(C)C)[C@@H]1C/C=C\CCCC(=O)OC. The van der Waals surface area contributed by atoms with Gasteiger partial charge in [-0.1, -0.05) is 119 Å². The summed E-state index contributed by atoms with van der Waals surface area (Å²) in [6.45, 7) is 9.05. The molecule has 0 aromatic heterocycles.